The lowest BCUT2D eigenvalue weighted by molar-refractivity contribution is -0.124. The molecule has 0 aliphatic heterocycles. The molecule has 2 N–H and O–H groups in total. The monoisotopic (exact) mass is 249 g/mol. The molecule has 0 amide bonds. The summed E-state index contributed by atoms with van der Waals surface area (Å²) in [5, 5.41) is 0.250. The predicted molar refractivity (Wildman–Crippen MR) is 56.3 cm³/mol. The highest BCUT2D eigenvalue weighted by Gasteiger charge is 2.57. The SMILES string of the molecule is NCC1(c2ccc(Cl)cc2F)CC(F)(F)C1. The van der Waals surface area contributed by atoms with Crippen molar-refractivity contribution in [3.8, 4) is 0 Å². The van der Waals surface area contributed by atoms with Crippen LogP contribution in [0.1, 0.15) is 18.4 Å². The Balaban J connectivity index is 2.36. The predicted octanol–water partition coefficient (Wildman–Crippen LogP) is 3.10. The summed E-state index contributed by atoms with van der Waals surface area (Å²) in [6.45, 7) is 0.0150. The third-order valence-electron chi connectivity index (χ3n) is 3.09. The molecule has 0 radical (unpaired) electrons. The molecule has 0 unspecified atom stereocenters. The fourth-order valence-corrected chi connectivity index (χ4v) is 2.46. The van der Waals surface area contributed by atoms with E-state index in [1.807, 2.05) is 0 Å². The quantitative estimate of drug-likeness (QED) is 0.856. The molecule has 1 saturated carbocycles. The summed E-state index contributed by atoms with van der Waals surface area (Å²) in [5.41, 5.74) is 4.80. The molecule has 5 heteroatoms. The third-order valence-corrected chi connectivity index (χ3v) is 3.32. The highest BCUT2D eigenvalue weighted by atomic mass is 35.5. The lowest BCUT2D eigenvalue weighted by Crippen LogP contribution is -2.54. The molecule has 1 aromatic rings. The molecular weight excluding hydrogens is 239 g/mol. The third kappa shape index (κ3) is 1.80. The molecule has 16 heavy (non-hydrogen) atoms. The van der Waals surface area contributed by atoms with E-state index in [-0.39, 0.29) is 17.1 Å². The summed E-state index contributed by atoms with van der Waals surface area (Å²) in [4.78, 5) is 0. The van der Waals surface area contributed by atoms with Crippen LogP contribution in [0.3, 0.4) is 0 Å². The summed E-state index contributed by atoms with van der Waals surface area (Å²) in [6.07, 6.45) is -0.788. The minimum atomic E-state index is -2.73. The molecule has 0 spiro atoms. The molecule has 1 aliphatic carbocycles. The highest BCUT2D eigenvalue weighted by molar-refractivity contribution is 6.30. The van der Waals surface area contributed by atoms with Gasteiger partial charge in [-0.25, -0.2) is 13.2 Å². The standard InChI is InChI=1S/C11H11ClF3N/c12-7-1-2-8(9(13)3-7)10(6-16)4-11(14,15)5-10/h1-3H,4-6,16H2. The lowest BCUT2D eigenvalue weighted by atomic mass is 9.62. The van der Waals surface area contributed by atoms with Crippen LogP contribution in [0.25, 0.3) is 0 Å². The van der Waals surface area contributed by atoms with Crippen molar-refractivity contribution in [2.24, 2.45) is 5.73 Å². The van der Waals surface area contributed by atoms with Crippen LogP contribution in [0.15, 0.2) is 18.2 Å². The topological polar surface area (TPSA) is 26.0 Å². The molecule has 0 aromatic heterocycles. The van der Waals surface area contributed by atoms with E-state index in [9.17, 15) is 13.2 Å². The van der Waals surface area contributed by atoms with Crippen molar-refractivity contribution < 1.29 is 13.2 Å². The number of halogens is 4. The molecule has 1 fully saturated rings. The molecule has 1 aliphatic rings. The number of nitrogens with two attached hydrogens (primary N) is 1. The van der Waals surface area contributed by atoms with E-state index in [0.717, 1.165) is 6.07 Å². The van der Waals surface area contributed by atoms with Gasteiger partial charge in [0, 0.05) is 29.8 Å². The van der Waals surface area contributed by atoms with Crippen LogP contribution in [-0.2, 0) is 5.41 Å². The molecule has 0 heterocycles. The molecule has 0 bridgehead atoms. The van der Waals surface area contributed by atoms with Gasteiger partial charge in [0.25, 0.3) is 0 Å². The van der Waals surface area contributed by atoms with Gasteiger partial charge in [-0.15, -0.1) is 0 Å². The Hall–Kier alpha value is -0.740. The Morgan fingerprint density at radius 3 is 2.38 bits per heavy atom. The largest absolute Gasteiger partial charge is 0.330 e. The van der Waals surface area contributed by atoms with Gasteiger partial charge in [-0.3, -0.25) is 0 Å². The van der Waals surface area contributed by atoms with Crippen LogP contribution in [0.2, 0.25) is 5.02 Å². The Morgan fingerprint density at radius 1 is 1.31 bits per heavy atom. The molecule has 1 aromatic carbocycles. The highest BCUT2D eigenvalue weighted by Crippen LogP contribution is 2.53. The maximum atomic E-state index is 13.6. The van der Waals surface area contributed by atoms with Gasteiger partial charge in [-0.05, 0) is 17.7 Å². The van der Waals surface area contributed by atoms with Gasteiger partial charge in [-0.1, -0.05) is 17.7 Å². The summed E-state index contributed by atoms with van der Waals surface area (Å²) in [7, 11) is 0. The number of alkyl halides is 2. The van der Waals surface area contributed by atoms with Gasteiger partial charge in [-0.2, -0.15) is 0 Å². The van der Waals surface area contributed by atoms with Gasteiger partial charge in [0.05, 0.1) is 0 Å². The average Bonchev–Trinajstić information content (AvgIpc) is 2.13. The summed E-state index contributed by atoms with van der Waals surface area (Å²) in [6, 6.07) is 4.07. The summed E-state index contributed by atoms with van der Waals surface area (Å²) in [5.74, 6) is -3.29. The maximum Gasteiger partial charge on any atom is 0.250 e. The fraction of sp³-hybridized carbons (Fsp3) is 0.455. The van der Waals surface area contributed by atoms with Crippen molar-refractivity contribution in [3.63, 3.8) is 0 Å². The molecule has 88 valence electrons. The second kappa shape index (κ2) is 3.64. The molecule has 0 atom stereocenters. The molecular formula is C11H11ClF3N. The fourth-order valence-electron chi connectivity index (χ4n) is 2.30. The van der Waals surface area contributed by atoms with Crippen LogP contribution < -0.4 is 5.73 Å². The van der Waals surface area contributed by atoms with Crippen molar-refractivity contribution in [1.29, 1.82) is 0 Å². The van der Waals surface area contributed by atoms with E-state index < -0.39 is 30.0 Å². The molecule has 0 saturated heterocycles. The van der Waals surface area contributed by atoms with E-state index in [0.29, 0.717) is 0 Å². The van der Waals surface area contributed by atoms with Crippen LogP contribution in [-0.4, -0.2) is 12.5 Å². The Labute approximate surface area is 96.4 Å². The minimum Gasteiger partial charge on any atom is -0.330 e. The zero-order valence-electron chi connectivity index (χ0n) is 8.44. The first-order chi connectivity index (χ1) is 7.38. The van der Waals surface area contributed by atoms with Gasteiger partial charge < -0.3 is 5.73 Å². The van der Waals surface area contributed by atoms with Gasteiger partial charge in [0.15, 0.2) is 0 Å². The smallest absolute Gasteiger partial charge is 0.250 e. The second-order valence-corrected chi connectivity index (χ2v) is 4.75. The van der Waals surface area contributed by atoms with Crippen molar-refractivity contribution in [1.82, 2.24) is 0 Å². The van der Waals surface area contributed by atoms with E-state index >= 15 is 0 Å². The van der Waals surface area contributed by atoms with E-state index in [2.05, 4.69) is 0 Å². The molecule has 2 rings (SSSR count). The number of benzene rings is 1. The van der Waals surface area contributed by atoms with Gasteiger partial charge >= 0.3 is 0 Å². The van der Waals surface area contributed by atoms with Crippen LogP contribution in [0.5, 0.6) is 0 Å². The van der Waals surface area contributed by atoms with Crippen LogP contribution >= 0.6 is 11.6 Å². The summed E-state index contributed by atoms with van der Waals surface area (Å²) < 4.78 is 39.4. The van der Waals surface area contributed by atoms with Crippen LogP contribution in [0.4, 0.5) is 13.2 Å². The van der Waals surface area contributed by atoms with E-state index in [4.69, 9.17) is 17.3 Å². The Kier molecular flexibility index (Phi) is 2.67. The van der Waals surface area contributed by atoms with Crippen molar-refractivity contribution in [3.05, 3.63) is 34.6 Å². The van der Waals surface area contributed by atoms with Crippen molar-refractivity contribution >= 4 is 11.6 Å². The van der Waals surface area contributed by atoms with E-state index in [1.54, 1.807) is 0 Å². The van der Waals surface area contributed by atoms with Crippen LogP contribution in [0, 0.1) is 5.82 Å². The summed E-state index contributed by atoms with van der Waals surface area (Å²) >= 11 is 5.61. The Bertz CT molecular complexity index is 412. The van der Waals surface area contributed by atoms with E-state index in [1.165, 1.54) is 12.1 Å². The average molecular weight is 250 g/mol. The van der Waals surface area contributed by atoms with Crippen molar-refractivity contribution in [2.45, 2.75) is 24.2 Å². The first-order valence-corrected chi connectivity index (χ1v) is 5.30. The first kappa shape index (κ1) is 11.7. The van der Waals surface area contributed by atoms with Gasteiger partial charge in [0.1, 0.15) is 5.82 Å². The second-order valence-electron chi connectivity index (χ2n) is 4.32. The number of rotatable bonds is 2. The zero-order valence-corrected chi connectivity index (χ0v) is 9.20. The van der Waals surface area contributed by atoms with Crippen molar-refractivity contribution in [2.75, 3.05) is 6.54 Å². The minimum absolute atomic E-state index is 0.0150. The maximum absolute atomic E-state index is 13.6. The zero-order chi connectivity index (χ0) is 12.0. The number of hydrogen-bond acceptors (Lipinski definition) is 1. The normalized spacial score (nSPS) is 21.6. The number of hydrogen-bond donors (Lipinski definition) is 1. The Morgan fingerprint density at radius 2 is 1.94 bits per heavy atom. The first-order valence-electron chi connectivity index (χ1n) is 4.92. The lowest BCUT2D eigenvalue weighted by Gasteiger charge is -2.47. The van der Waals surface area contributed by atoms with Gasteiger partial charge in [0.2, 0.25) is 5.92 Å². The molecule has 1 nitrogen and oxygen atoms in total.